The Labute approximate surface area is 211 Å². The summed E-state index contributed by atoms with van der Waals surface area (Å²) in [5, 5.41) is 0. The van der Waals surface area contributed by atoms with Gasteiger partial charge in [0.15, 0.2) is 0 Å². The third kappa shape index (κ3) is 8.22. The summed E-state index contributed by atoms with van der Waals surface area (Å²) in [6, 6.07) is 6.67. The van der Waals surface area contributed by atoms with Gasteiger partial charge in [-0.15, -0.1) is 0 Å². The molecule has 3 atom stereocenters. The van der Waals surface area contributed by atoms with Crippen LogP contribution in [0.25, 0.3) is 0 Å². The number of ether oxygens (including phenoxy) is 3. The van der Waals surface area contributed by atoms with Gasteiger partial charge in [0, 0.05) is 25.5 Å². The highest BCUT2D eigenvalue weighted by Gasteiger charge is 2.64. The van der Waals surface area contributed by atoms with E-state index in [0.29, 0.717) is 12.8 Å². The highest BCUT2D eigenvalue weighted by molar-refractivity contribution is 5.83. The van der Waals surface area contributed by atoms with Crippen LogP contribution in [-0.2, 0) is 29.4 Å². The van der Waals surface area contributed by atoms with Crippen LogP contribution in [0.2, 0.25) is 0 Å². The highest BCUT2D eigenvalue weighted by atomic mass is 19.4. The molecule has 2 rings (SSSR count). The van der Waals surface area contributed by atoms with Crippen molar-refractivity contribution in [3.63, 3.8) is 0 Å². The number of hydrogen-bond acceptors (Lipinski definition) is 5. The van der Waals surface area contributed by atoms with Crippen LogP contribution in [0, 0.1) is 0 Å². The average molecular weight is 511 g/mol. The van der Waals surface area contributed by atoms with Gasteiger partial charge in [-0.1, -0.05) is 80.8 Å². The van der Waals surface area contributed by atoms with Gasteiger partial charge in [-0.05, 0) is 32.1 Å². The lowest BCUT2D eigenvalue weighted by Gasteiger charge is -2.35. The normalized spacial score (nSPS) is 24.5. The lowest BCUT2D eigenvalue weighted by molar-refractivity contribution is -0.279. The predicted molar refractivity (Wildman–Crippen MR) is 131 cm³/mol. The van der Waals surface area contributed by atoms with Gasteiger partial charge in [0.05, 0.1) is 0 Å². The lowest BCUT2D eigenvalue weighted by Crippen LogP contribution is -2.53. The summed E-state index contributed by atoms with van der Waals surface area (Å²) in [4.78, 5) is 25.7. The second-order valence-electron chi connectivity index (χ2n) is 8.85. The van der Waals surface area contributed by atoms with Crippen LogP contribution in [0.4, 0.5) is 13.2 Å². The molecule has 0 saturated carbocycles. The molecule has 0 aromatic heterocycles. The minimum atomic E-state index is -5.09. The fourth-order valence-electron chi connectivity index (χ4n) is 4.21. The van der Waals surface area contributed by atoms with Crippen molar-refractivity contribution in [2.45, 2.75) is 95.1 Å². The van der Waals surface area contributed by atoms with Crippen LogP contribution in [0.3, 0.4) is 0 Å². The van der Waals surface area contributed by atoms with Crippen molar-refractivity contribution < 1.29 is 37.0 Å². The molecule has 1 heterocycles. The monoisotopic (exact) mass is 510 g/mol. The zero-order valence-electron chi connectivity index (χ0n) is 21.1. The molecule has 0 saturated heterocycles. The molecule has 0 amide bonds. The Kier molecular flexibility index (Phi) is 12.2. The average Bonchev–Trinajstić information content (AvgIpc) is 2.85. The predicted octanol–water partition coefficient (Wildman–Crippen LogP) is 6.96. The first-order valence-corrected chi connectivity index (χ1v) is 12.6. The van der Waals surface area contributed by atoms with E-state index in [4.69, 9.17) is 14.2 Å². The van der Waals surface area contributed by atoms with Crippen LogP contribution in [0.1, 0.15) is 76.7 Å². The second-order valence-corrected chi connectivity index (χ2v) is 8.85. The maximum atomic E-state index is 14.3. The Hall–Kier alpha value is -2.61. The summed E-state index contributed by atoms with van der Waals surface area (Å²) in [5.74, 6) is -2.04. The molecule has 0 radical (unpaired) electrons. The van der Waals surface area contributed by atoms with Crippen molar-refractivity contribution in [3.05, 3.63) is 60.2 Å². The second kappa shape index (κ2) is 14.8. The molecule has 36 heavy (non-hydrogen) atoms. The first-order chi connectivity index (χ1) is 17.3. The Morgan fingerprint density at radius 3 is 2.33 bits per heavy atom. The molecule has 1 aliphatic rings. The summed E-state index contributed by atoms with van der Waals surface area (Å²) < 4.78 is 58.9. The number of esters is 2. The molecule has 1 aromatic carbocycles. The van der Waals surface area contributed by atoms with Crippen LogP contribution in [0.15, 0.2) is 54.6 Å². The number of benzene rings is 1. The minimum Gasteiger partial charge on any atom is -0.458 e. The number of carbonyl (C=O) groups is 2. The maximum absolute atomic E-state index is 14.3. The van der Waals surface area contributed by atoms with Gasteiger partial charge >= 0.3 is 18.1 Å². The molecule has 0 spiro atoms. The number of carbonyl (C=O) groups excluding carboxylic acids is 2. The number of alkyl halides is 3. The molecular weight excluding hydrogens is 473 g/mol. The van der Waals surface area contributed by atoms with Gasteiger partial charge < -0.3 is 14.2 Å². The number of allylic oxidation sites excluding steroid dienone is 3. The standard InChI is InChI=1S/C28H37F3O5/c1-3-23-24(20-16-11-9-7-5-4-6-8-10-12-17-21-25(32)35-23)36-26(33)27(34-2,28(29,30)31)22-18-14-13-15-19-22/h5,7,11,13-16,18-19,23-24H,3-4,6,8-10,12,17,20-21H2,1-2H3/b7-5-,16-11-/t23-,24-,27-/m0/s1. The third-order valence-electron chi connectivity index (χ3n) is 6.26. The first kappa shape index (κ1) is 29.6. The topological polar surface area (TPSA) is 61.8 Å². The van der Waals surface area contributed by atoms with Crippen molar-refractivity contribution in [3.8, 4) is 0 Å². The van der Waals surface area contributed by atoms with E-state index in [1.165, 1.54) is 24.3 Å². The third-order valence-corrected chi connectivity index (χ3v) is 6.26. The van der Waals surface area contributed by atoms with Gasteiger partial charge in [-0.3, -0.25) is 4.79 Å². The molecular formula is C28H37F3O5. The molecule has 0 bridgehead atoms. The summed E-state index contributed by atoms with van der Waals surface area (Å²) in [7, 11) is 0.826. The van der Waals surface area contributed by atoms with Crippen LogP contribution in [-0.4, -0.2) is 37.4 Å². The van der Waals surface area contributed by atoms with E-state index in [1.54, 1.807) is 19.1 Å². The fourth-order valence-corrected chi connectivity index (χ4v) is 4.21. The fraction of sp³-hybridized carbons (Fsp3) is 0.571. The van der Waals surface area contributed by atoms with Gasteiger partial charge in [0.25, 0.3) is 5.60 Å². The zero-order valence-corrected chi connectivity index (χ0v) is 21.1. The maximum Gasteiger partial charge on any atom is 0.432 e. The molecule has 0 N–H and O–H groups in total. The van der Waals surface area contributed by atoms with E-state index in [2.05, 4.69) is 6.08 Å². The number of rotatable bonds is 5. The molecule has 8 heteroatoms. The molecule has 200 valence electrons. The van der Waals surface area contributed by atoms with Gasteiger partial charge in [-0.2, -0.15) is 13.2 Å². The quantitative estimate of drug-likeness (QED) is 0.317. The molecule has 1 aromatic rings. The van der Waals surface area contributed by atoms with Crippen molar-refractivity contribution >= 4 is 11.9 Å². The van der Waals surface area contributed by atoms with E-state index in [-0.39, 0.29) is 24.8 Å². The van der Waals surface area contributed by atoms with Crippen LogP contribution in [0.5, 0.6) is 0 Å². The SMILES string of the molecule is CC[C@@H]1OC(=O)CCCCCCC/C=C\C/C=C\C[C@@H]1OC(=O)[C@@](OC)(c1ccccc1)C(F)(F)F. The Balaban J connectivity index is 2.33. The minimum absolute atomic E-state index is 0.0950. The van der Waals surface area contributed by atoms with E-state index in [9.17, 15) is 22.8 Å². The summed E-state index contributed by atoms with van der Waals surface area (Å²) in [6.07, 6.45) is 7.61. The molecule has 1 aliphatic heterocycles. The lowest BCUT2D eigenvalue weighted by atomic mass is 9.92. The summed E-state index contributed by atoms with van der Waals surface area (Å²) in [5.41, 5.74) is -3.70. The number of hydrogen-bond donors (Lipinski definition) is 0. The van der Waals surface area contributed by atoms with E-state index < -0.39 is 35.9 Å². The number of methoxy groups -OCH3 is 1. The van der Waals surface area contributed by atoms with Gasteiger partial charge in [0.1, 0.15) is 12.2 Å². The Morgan fingerprint density at radius 1 is 1.00 bits per heavy atom. The first-order valence-electron chi connectivity index (χ1n) is 12.6. The highest BCUT2D eigenvalue weighted by Crippen LogP contribution is 2.43. The smallest absolute Gasteiger partial charge is 0.432 e. The molecule has 5 nitrogen and oxygen atoms in total. The van der Waals surface area contributed by atoms with Crippen molar-refractivity contribution in [1.29, 1.82) is 0 Å². The molecule has 0 aliphatic carbocycles. The van der Waals surface area contributed by atoms with Gasteiger partial charge in [-0.25, -0.2) is 4.79 Å². The van der Waals surface area contributed by atoms with E-state index >= 15 is 0 Å². The molecule has 0 fully saturated rings. The molecule has 0 unspecified atom stereocenters. The number of halogens is 3. The number of cyclic esters (lactones) is 1. The largest absolute Gasteiger partial charge is 0.458 e. The van der Waals surface area contributed by atoms with Crippen molar-refractivity contribution in [2.75, 3.05) is 7.11 Å². The van der Waals surface area contributed by atoms with E-state index in [0.717, 1.165) is 39.2 Å². The Bertz CT molecular complexity index is 866. The van der Waals surface area contributed by atoms with E-state index in [1.807, 2.05) is 12.2 Å². The van der Waals surface area contributed by atoms with Crippen molar-refractivity contribution in [1.82, 2.24) is 0 Å². The van der Waals surface area contributed by atoms with Crippen molar-refractivity contribution in [2.24, 2.45) is 0 Å². The summed E-state index contributed by atoms with van der Waals surface area (Å²) in [6.45, 7) is 1.73. The summed E-state index contributed by atoms with van der Waals surface area (Å²) >= 11 is 0. The van der Waals surface area contributed by atoms with Crippen LogP contribution >= 0.6 is 0 Å². The zero-order chi connectivity index (χ0) is 26.4. The van der Waals surface area contributed by atoms with Crippen LogP contribution < -0.4 is 0 Å². The Morgan fingerprint density at radius 2 is 1.67 bits per heavy atom. The van der Waals surface area contributed by atoms with Gasteiger partial charge in [0.2, 0.25) is 0 Å².